The Morgan fingerprint density at radius 1 is 1.23 bits per heavy atom. The zero-order chi connectivity index (χ0) is 15.4. The van der Waals surface area contributed by atoms with Gasteiger partial charge in [0.05, 0.1) is 0 Å². The Bertz CT molecular complexity index is 491. The van der Waals surface area contributed by atoms with Crippen LogP contribution in [0, 0.1) is 0 Å². The molecule has 120 valence electrons. The molecule has 1 heterocycles. The number of hydrogen-bond donors (Lipinski definition) is 0. The zero-order valence-corrected chi connectivity index (χ0v) is 13.6. The summed E-state index contributed by atoms with van der Waals surface area (Å²) in [4.78, 5) is 13.5. The smallest absolute Gasteiger partial charge is 0.302 e. The minimum absolute atomic E-state index is 0.166. The van der Waals surface area contributed by atoms with Gasteiger partial charge in [0.25, 0.3) is 0 Å². The summed E-state index contributed by atoms with van der Waals surface area (Å²) in [6.07, 6.45) is 7.74. The van der Waals surface area contributed by atoms with Crippen molar-refractivity contribution in [1.29, 1.82) is 0 Å². The Morgan fingerprint density at radius 2 is 1.95 bits per heavy atom. The molecule has 3 heteroatoms. The van der Waals surface area contributed by atoms with Crippen molar-refractivity contribution in [3.8, 4) is 0 Å². The van der Waals surface area contributed by atoms with Gasteiger partial charge in [-0.2, -0.15) is 0 Å². The van der Waals surface area contributed by atoms with Gasteiger partial charge in [-0.05, 0) is 56.6 Å². The van der Waals surface area contributed by atoms with Gasteiger partial charge in [-0.3, -0.25) is 9.69 Å². The van der Waals surface area contributed by atoms with E-state index in [0.717, 1.165) is 19.0 Å². The molecule has 1 aliphatic carbocycles. The predicted octanol–water partition coefficient (Wildman–Crippen LogP) is 3.74. The second-order valence-electron chi connectivity index (χ2n) is 6.84. The van der Waals surface area contributed by atoms with Gasteiger partial charge in [0.1, 0.15) is 6.61 Å². The molecule has 1 aromatic rings. The van der Waals surface area contributed by atoms with Gasteiger partial charge >= 0.3 is 5.97 Å². The van der Waals surface area contributed by atoms with Crippen molar-refractivity contribution >= 4 is 5.97 Å². The van der Waals surface area contributed by atoms with Crippen molar-refractivity contribution < 1.29 is 9.53 Å². The van der Waals surface area contributed by atoms with Crippen LogP contribution in [0.1, 0.15) is 56.9 Å². The van der Waals surface area contributed by atoms with E-state index in [2.05, 4.69) is 35.2 Å². The van der Waals surface area contributed by atoms with Crippen molar-refractivity contribution in [1.82, 2.24) is 4.90 Å². The lowest BCUT2D eigenvalue weighted by Gasteiger charge is -2.44. The maximum atomic E-state index is 10.9. The van der Waals surface area contributed by atoms with Crippen molar-refractivity contribution in [2.75, 3.05) is 19.7 Å². The highest BCUT2D eigenvalue weighted by molar-refractivity contribution is 5.65. The molecule has 0 amide bonds. The van der Waals surface area contributed by atoms with Gasteiger partial charge < -0.3 is 4.74 Å². The Hall–Kier alpha value is -1.35. The van der Waals surface area contributed by atoms with Crippen LogP contribution in [0.2, 0.25) is 0 Å². The molecule has 1 spiro atoms. The van der Waals surface area contributed by atoms with Crippen LogP contribution in [0.15, 0.2) is 30.3 Å². The molecule has 1 saturated heterocycles. The number of hydrogen-bond acceptors (Lipinski definition) is 3. The first-order valence-electron chi connectivity index (χ1n) is 8.63. The van der Waals surface area contributed by atoms with E-state index in [-0.39, 0.29) is 5.97 Å². The zero-order valence-electron chi connectivity index (χ0n) is 13.6. The highest BCUT2D eigenvalue weighted by Crippen LogP contribution is 2.46. The molecular formula is C19H27NO2. The molecule has 2 aliphatic rings. The van der Waals surface area contributed by atoms with Crippen LogP contribution >= 0.6 is 0 Å². The maximum Gasteiger partial charge on any atom is 0.302 e. The molecule has 1 aromatic carbocycles. The average molecular weight is 301 g/mol. The number of esters is 1. The second-order valence-corrected chi connectivity index (χ2v) is 6.84. The summed E-state index contributed by atoms with van der Waals surface area (Å²) >= 11 is 0. The number of carbonyl (C=O) groups excluding carboxylic acids is 1. The minimum Gasteiger partial charge on any atom is -0.465 e. The number of ether oxygens (including phenoxy) is 1. The van der Waals surface area contributed by atoms with Crippen LogP contribution in [0.25, 0.3) is 0 Å². The third kappa shape index (κ3) is 3.35. The summed E-state index contributed by atoms with van der Waals surface area (Å²) in [6.45, 7) is 4.09. The fourth-order valence-corrected chi connectivity index (χ4v) is 4.42. The molecule has 22 heavy (non-hydrogen) atoms. The first kappa shape index (κ1) is 15.5. The van der Waals surface area contributed by atoms with E-state index in [1.54, 1.807) is 0 Å². The molecule has 1 saturated carbocycles. The van der Waals surface area contributed by atoms with Crippen molar-refractivity contribution in [2.45, 2.75) is 56.9 Å². The molecule has 0 radical (unpaired) electrons. The van der Waals surface area contributed by atoms with Crippen LogP contribution < -0.4 is 0 Å². The SMILES string of the molecule is CC(=O)OCCN1CCCC12CCC(c1ccccc1)CC2. The van der Waals surface area contributed by atoms with Gasteiger partial charge in [0, 0.05) is 19.0 Å². The van der Waals surface area contributed by atoms with Crippen molar-refractivity contribution in [3.63, 3.8) is 0 Å². The second kappa shape index (κ2) is 6.82. The Morgan fingerprint density at radius 3 is 2.64 bits per heavy atom. The Balaban J connectivity index is 1.57. The van der Waals surface area contributed by atoms with Gasteiger partial charge in [-0.15, -0.1) is 0 Å². The predicted molar refractivity (Wildman–Crippen MR) is 87.8 cm³/mol. The van der Waals surface area contributed by atoms with Gasteiger partial charge in [0.15, 0.2) is 0 Å². The van der Waals surface area contributed by atoms with Crippen LogP contribution in [0.4, 0.5) is 0 Å². The summed E-state index contributed by atoms with van der Waals surface area (Å²) in [7, 11) is 0. The number of likely N-dealkylation sites (tertiary alicyclic amines) is 1. The van der Waals surface area contributed by atoms with Gasteiger partial charge in [0.2, 0.25) is 0 Å². The molecule has 0 aromatic heterocycles. The normalized spacial score (nSPS) is 28.9. The lowest BCUT2D eigenvalue weighted by Crippen LogP contribution is -2.47. The lowest BCUT2D eigenvalue weighted by atomic mass is 9.73. The first-order chi connectivity index (χ1) is 10.7. The summed E-state index contributed by atoms with van der Waals surface area (Å²) < 4.78 is 5.15. The molecule has 2 fully saturated rings. The van der Waals surface area contributed by atoms with E-state index in [0.29, 0.717) is 12.1 Å². The molecule has 3 rings (SSSR count). The van der Waals surface area contributed by atoms with Gasteiger partial charge in [-0.25, -0.2) is 0 Å². The molecule has 0 atom stereocenters. The first-order valence-corrected chi connectivity index (χ1v) is 8.63. The van der Waals surface area contributed by atoms with Crippen LogP contribution in [-0.2, 0) is 9.53 Å². The molecule has 0 N–H and O–H groups in total. The number of carbonyl (C=O) groups is 1. The van der Waals surface area contributed by atoms with E-state index in [1.807, 2.05) is 0 Å². The lowest BCUT2D eigenvalue weighted by molar-refractivity contribution is -0.141. The number of nitrogens with zero attached hydrogens (tertiary/aromatic N) is 1. The molecule has 0 bridgehead atoms. The van der Waals surface area contributed by atoms with E-state index >= 15 is 0 Å². The highest BCUT2D eigenvalue weighted by Gasteiger charge is 2.43. The van der Waals surface area contributed by atoms with Crippen molar-refractivity contribution in [3.05, 3.63) is 35.9 Å². The fraction of sp³-hybridized carbons (Fsp3) is 0.632. The molecule has 1 aliphatic heterocycles. The summed E-state index contributed by atoms with van der Waals surface area (Å²) in [5.41, 5.74) is 1.88. The van der Waals surface area contributed by atoms with Crippen LogP contribution in [0.5, 0.6) is 0 Å². The van der Waals surface area contributed by atoms with E-state index in [4.69, 9.17) is 4.74 Å². The molecule has 0 unspecified atom stereocenters. The third-order valence-electron chi connectivity index (χ3n) is 5.59. The Labute approximate surface area is 133 Å². The maximum absolute atomic E-state index is 10.9. The monoisotopic (exact) mass is 301 g/mol. The quantitative estimate of drug-likeness (QED) is 0.793. The third-order valence-corrected chi connectivity index (χ3v) is 5.59. The number of rotatable bonds is 4. The number of benzene rings is 1. The highest BCUT2D eigenvalue weighted by atomic mass is 16.5. The van der Waals surface area contributed by atoms with E-state index < -0.39 is 0 Å². The van der Waals surface area contributed by atoms with E-state index in [1.165, 1.54) is 51.0 Å². The van der Waals surface area contributed by atoms with E-state index in [9.17, 15) is 4.79 Å². The summed E-state index contributed by atoms with van der Waals surface area (Å²) in [6, 6.07) is 11.0. The van der Waals surface area contributed by atoms with Crippen molar-refractivity contribution in [2.24, 2.45) is 0 Å². The van der Waals surface area contributed by atoms with Gasteiger partial charge in [-0.1, -0.05) is 30.3 Å². The average Bonchev–Trinajstić information content (AvgIpc) is 2.91. The minimum atomic E-state index is -0.166. The fourth-order valence-electron chi connectivity index (χ4n) is 4.42. The largest absolute Gasteiger partial charge is 0.465 e. The summed E-state index contributed by atoms with van der Waals surface area (Å²) in [5.74, 6) is 0.559. The summed E-state index contributed by atoms with van der Waals surface area (Å²) in [5, 5.41) is 0. The Kier molecular flexibility index (Phi) is 4.82. The molecule has 3 nitrogen and oxygen atoms in total. The van der Waals surface area contributed by atoms with Crippen LogP contribution in [0.3, 0.4) is 0 Å². The topological polar surface area (TPSA) is 29.5 Å². The van der Waals surface area contributed by atoms with Crippen LogP contribution in [-0.4, -0.2) is 36.1 Å². The molecular weight excluding hydrogens is 274 g/mol. The standard InChI is InChI=1S/C19H27NO2/c1-16(21)22-15-14-20-13-5-10-19(20)11-8-18(9-12-19)17-6-3-2-4-7-17/h2-4,6-7,18H,5,8-15H2,1H3.